The fourth-order valence-electron chi connectivity index (χ4n) is 2.92. The summed E-state index contributed by atoms with van der Waals surface area (Å²) in [5, 5.41) is 5.07. The van der Waals surface area contributed by atoms with Gasteiger partial charge in [-0.05, 0) is 51.8 Å². The van der Waals surface area contributed by atoms with Gasteiger partial charge >= 0.3 is 5.97 Å². The van der Waals surface area contributed by atoms with E-state index in [-0.39, 0.29) is 12.0 Å². The lowest BCUT2D eigenvalue weighted by atomic mass is 10.0. The van der Waals surface area contributed by atoms with Crippen LogP contribution in [0.15, 0.2) is 29.6 Å². The van der Waals surface area contributed by atoms with Gasteiger partial charge in [0.15, 0.2) is 0 Å². The van der Waals surface area contributed by atoms with Crippen molar-refractivity contribution in [3.63, 3.8) is 0 Å². The third-order valence-corrected chi connectivity index (χ3v) is 6.80. The smallest absolute Gasteiger partial charge is 0.342 e. The van der Waals surface area contributed by atoms with Crippen LogP contribution in [-0.2, 0) is 9.53 Å². The zero-order chi connectivity index (χ0) is 21.4. The fraction of sp³-hybridized carbons (Fsp3) is 0.429. The molecule has 29 heavy (non-hydrogen) atoms. The Morgan fingerprint density at radius 1 is 1.24 bits per heavy atom. The monoisotopic (exact) mass is 455 g/mol. The molecule has 0 saturated heterocycles. The number of benzene rings is 1. The van der Waals surface area contributed by atoms with Gasteiger partial charge in [-0.1, -0.05) is 12.1 Å². The highest BCUT2D eigenvalue weighted by molar-refractivity contribution is 7.15. The molecular weight excluding hydrogens is 433 g/mol. The summed E-state index contributed by atoms with van der Waals surface area (Å²) < 4.78 is 9.81. The number of carbonyl (C=O) groups is 2. The van der Waals surface area contributed by atoms with Crippen LogP contribution in [0.5, 0.6) is 5.75 Å². The number of carbonyl (C=O) groups excluding carboxylic acids is 2. The van der Waals surface area contributed by atoms with E-state index < -0.39 is 15.7 Å². The normalized spacial score (nSPS) is 19.7. The van der Waals surface area contributed by atoms with Crippen LogP contribution in [0.3, 0.4) is 0 Å². The van der Waals surface area contributed by atoms with Crippen molar-refractivity contribution in [2.75, 3.05) is 11.9 Å². The first-order chi connectivity index (χ1) is 13.6. The summed E-state index contributed by atoms with van der Waals surface area (Å²) in [6.07, 6.45) is 0.0658. The van der Waals surface area contributed by atoms with Gasteiger partial charge in [0.05, 0.1) is 18.1 Å². The standard InChI is InChI=1S/C21H23Cl2NO4S/c1-5-27-14-8-6-13(7-9-14)15-10-29-17(16(15)18(25)28-12(2)3)24-19(26)20(4)11-21(20,22)23/h6-10,12H,5,11H2,1-4H3,(H,24,26). The van der Waals surface area contributed by atoms with Crippen LogP contribution in [0.25, 0.3) is 11.1 Å². The predicted molar refractivity (Wildman–Crippen MR) is 117 cm³/mol. The number of rotatable bonds is 7. The average Bonchev–Trinajstić information content (AvgIpc) is 2.98. The number of anilines is 1. The molecule has 1 heterocycles. The Hall–Kier alpha value is -1.76. The van der Waals surface area contributed by atoms with Gasteiger partial charge in [-0.2, -0.15) is 0 Å². The third kappa shape index (κ3) is 4.39. The molecule has 1 saturated carbocycles. The molecule has 1 aliphatic rings. The molecule has 156 valence electrons. The van der Waals surface area contributed by atoms with Crippen LogP contribution < -0.4 is 10.1 Å². The number of halogens is 2. The van der Waals surface area contributed by atoms with E-state index in [0.717, 1.165) is 11.3 Å². The lowest BCUT2D eigenvalue weighted by molar-refractivity contribution is -0.120. The zero-order valence-electron chi connectivity index (χ0n) is 16.7. The van der Waals surface area contributed by atoms with Crippen molar-refractivity contribution in [2.24, 2.45) is 5.41 Å². The molecule has 1 fully saturated rings. The Bertz CT molecular complexity index is 923. The molecule has 0 radical (unpaired) electrons. The number of hydrogen-bond acceptors (Lipinski definition) is 5. The van der Waals surface area contributed by atoms with Gasteiger partial charge in [0.2, 0.25) is 5.91 Å². The molecule has 0 bridgehead atoms. The number of nitrogens with one attached hydrogen (secondary N) is 1. The quantitative estimate of drug-likeness (QED) is 0.416. The van der Waals surface area contributed by atoms with Gasteiger partial charge in [-0.15, -0.1) is 34.5 Å². The van der Waals surface area contributed by atoms with E-state index in [4.69, 9.17) is 32.7 Å². The molecule has 8 heteroatoms. The van der Waals surface area contributed by atoms with Gasteiger partial charge < -0.3 is 14.8 Å². The van der Waals surface area contributed by atoms with Crippen LogP contribution in [0.1, 0.15) is 44.5 Å². The lowest BCUT2D eigenvalue weighted by Crippen LogP contribution is -2.26. The highest BCUT2D eigenvalue weighted by Crippen LogP contribution is 2.64. The van der Waals surface area contributed by atoms with E-state index in [2.05, 4.69) is 5.32 Å². The summed E-state index contributed by atoms with van der Waals surface area (Å²) in [7, 11) is 0. The number of hydrogen-bond donors (Lipinski definition) is 1. The largest absolute Gasteiger partial charge is 0.494 e. The molecule has 2 aromatic rings. The van der Waals surface area contributed by atoms with E-state index >= 15 is 0 Å². The van der Waals surface area contributed by atoms with E-state index in [1.54, 1.807) is 20.8 Å². The Morgan fingerprint density at radius 2 is 1.86 bits per heavy atom. The van der Waals surface area contributed by atoms with Gasteiger partial charge in [0.25, 0.3) is 0 Å². The summed E-state index contributed by atoms with van der Waals surface area (Å²) in [5.41, 5.74) is 0.935. The molecule has 5 nitrogen and oxygen atoms in total. The van der Waals surface area contributed by atoms with Crippen molar-refractivity contribution in [3.05, 3.63) is 35.2 Å². The number of ether oxygens (including phenoxy) is 2. The van der Waals surface area contributed by atoms with E-state index in [0.29, 0.717) is 29.2 Å². The molecule has 1 atom stereocenters. The maximum Gasteiger partial charge on any atom is 0.342 e. The maximum absolute atomic E-state index is 12.8. The topological polar surface area (TPSA) is 64.6 Å². The second kappa shape index (κ2) is 8.17. The highest BCUT2D eigenvalue weighted by Gasteiger charge is 2.68. The Labute approximate surface area is 184 Å². The minimum absolute atomic E-state index is 0.293. The summed E-state index contributed by atoms with van der Waals surface area (Å²) in [6.45, 7) is 7.74. The first kappa shape index (κ1) is 21.9. The number of amides is 1. The van der Waals surface area contributed by atoms with Crippen LogP contribution >= 0.6 is 34.5 Å². The van der Waals surface area contributed by atoms with Crippen LogP contribution in [-0.4, -0.2) is 28.9 Å². The molecule has 1 aromatic carbocycles. The second-order valence-electron chi connectivity index (χ2n) is 7.43. The van der Waals surface area contributed by atoms with E-state index in [1.165, 1.54) is 11.3 Å². The zero-order valence-corrected chi connectivity index (χ0v) is 19.0. The van der Waals surface area contributed by atoms with Crippen molar-refractivity contribution < 1.29 is 19.1 Å². The molecule has 1 N–H and O–H groups in total. The molecule has 1 aliphatic carbocycles. The third-order valence-electron chi connectivity index (χ3n) is 4.80. The second-order valence-corrected chi connectivity index (χ2v) is 9.80. The van der Waals surface area contributed by atoms with Crippen molar-refractivity contribution in [1.82, 2.24) is 0 Å². The van der Waals surface area contributed by atoms with E-state index in [1.807, 2.05) is 36.6 Å². The molecule has 1 unspecified atom stereocenters. The van der Waals surface area contributed by atoms with Gasteiger partial charge in [-0.3, -0.25) is 4.79 Å². The van der Waals surface area contributed by atoms with E-state index in [9.17, 15) is 9.59 Å². The fourth-order valence-corrected chi connectivity index (χ4v) is 4.58. The van der Waals surface area contributed by atoms with Crippen LogP contribution in [0.2, 0.25) is 0 Å². The van der Waals surface area contributed by atoms with Crippen LogP contribution in [0.4, 0.5) is 5.00 Å². The molecule has 3 rings (SSSR count). The minimum atomic E-state index is -1.09. The first-order valence-corrected chi connectivity index (χ1v) is 11.0. The highest BCUT2D eigenvalue weighted by atomic mass is 35.5. The summed E-state index contributed by atoms with van der Waals surface area (Å²) in [5.74, 6) is -0.0703. The number of esters is 1. The Kier molecular flexibility index (Phi) is 6.18. The van der Waals surface area contributed by atoms with Crippen molar-refractivity contribution in [3.8, 4) is 16.9 Å². The van der Waals surface area contributed by atoms with Gasteiger partial charge in [0.1, 0.15) is 20.6 Å². The predicted octanol–water partition coefficient (Wildman–Crippen LogP) is 5.90. The minimum Gasteiger partial charge on any atom is -0.494 e. The molecule has 1 amide bonds. The SMILES string of the molecule is CCOc1ccc(-c2csc(NC(=O)C3(C)CC3(Cl)Cl)c2C(=O)OC(C)C)cc1. The molecule has 0 spiro atoms. The summed E-state index contributed by atoms with van der Waals surface area (Å²) in [6, 6.07) is 7.42. The maximum atomic E-state index is 12.8. The lowest BCUT2D eigenvalue weighted by Gasteiger charge is -2.14. The molecule has 1 aromatic heterocycles. The molecular formula is C21H23Cl2NO4S. The Balaban J connectivity index is 1.95. The average molecular weight is 456 g/mol. The van der Waals surface area contributed by atoms with Gasteiger partial charge in [0, 0.05) is 10.9 Å². The number of alkyl halides is 2. The number of thiophene rings is 1. The molecule has 0 aliphatic heterocycles. The van der Waals surface area contributed by atoms with Crippen molar-refractivity contribution in [1.29, 1.82) is 0 Å². The first-order valence-electron chi connectivity index (χ1n) is 9.34. The van der Waals surface area contributed by atoms with Gasteiger partial charge in [-0.25, -0.2) is 4.79 Å². The Morgan fingerprint density at radius 3 is 2.38 bits per heavy atom. The van der Waals surface area contributed by atoms with Crippen molar-refractivity contribution in [2.45, 2.75) is 44.6 Å². The summed E-state index contributed by atoms with van der Waals surface area (Å²) in [4.78, 5) is 25.6. The summed E-state index contributed by atoms with van der Waals surface area (Å²) >= 11 is 13.5. The van der Waals surface area contributed by atoms with Crippen molar-refractivity contribution >= 4 is 51.4 Å². The van der Waals surface area contributed by atoms with Crippen LogP contribution in [0, 0.1) is 5.41 Å².